The van der Waals surface area contributed by atoms with Crippen LogP contribution in [0.5, 0.6) is 0 Å². The van der Waals surface area contributed by atoms with Crippen molar-refractivity contribution < 1.29 is 14.3 Å². The summed E-state index contributed by atoms with van der Waals surface area (Å²) in [5.41, 5.74) is 0. The van der Waals surface area contributed by atoms with Crippen LogP contribution in [0.4, 0.5) is 0 Å². The fourth-order valence-electron chi connectivity index (χ4n) is 2.32. The lowest BCUT2D eigenvalue weighted by Gasteiger charge is -2.20. The van der Waals surface area contributed by atoms with Crippen molar-refractivity contribution in [2.24, 2.45) is 5.92 Å². The van der Waals surface area contributed by atoms with Gasteiger partial charge in [0.15, 0.2) is 0 Å². The Morgan fingerprint density at radius 2 is 1.88 bits per heavy atom. The van der Waals surface area contributed by atoms with Gasteiger partial charge in [0.1, 0.15) is 0 Å². The smallest absolute Gasteiger partial charge is 0.306 e. The van der Waals surface area contributed by atoms with E-state index < -0.39 is 0 Å². The third-order valence-electron chi connectivity index (χ3n) is 3.28. The van der Waals surface area contributed by atoms with Crippen LogP contribution in [0.3, 0.4) is 0 Å². The van der Waals surface area contributed by atoms with Gasteiger partial charge in [0.05, 0.1) is 13.0 Å². The van der Waals surface area contributed by atoms with Crippen molar-refractivity contribution in [2.75, 3.05) is 20.2 Å². The fraction of sp³-hybridized carbons (Fsp3) is 0.846. The molecule has 0 heterocycles. The summed E-state index contributed by atoms with van der Waals surface area (Å²) >= 11 is 0. The van der Waals surface area contributed by atoms with Crippen LogP contribution in [-0.2, 0) is 14.3 Å². The minimum absolute atomic E-state index is 0.0463. The van der Waals surface area contributed by atoms with Gasteiger partial charge in [-0.1, -0.05) is 12.8 Å². The first-order valence-electron chi connectivity index (χ1n) is 6.53. The Labute approximate surface area is 103 Å². The number of hydrogen-bond acceptors (Lipinski definition) is 3. The van der Waals surface area contributed by atoms with Gasteiger partial charge in [0, 0.05) is 20.0 Å². The number of nitrogens with zero attached hydrogens (tertiary/aromatic N) is 1. The topological polar surface area (TPSA) is 46.6 Å². The van der Waals surface area contributed by atoms with Crippen molar-refractivity contribution in [1.29, 1.82) is 0 Å². The largest absolute Gasteiger partial charge is 0.466 e. The molecule has 0 aromatic heterocycles. The number of rotatable bonds is 6. The van der Waals surface area contributed by atoms with Crippen LogP contribution >= 0.6 is 0 Å². The van der Waals surface area contributed by atoms with Crippen LogP contribution < -0.4 is 0 Å². The molecular formula is C13H23NO3. The van der Waals surface area contributed by atoms with Crippen molar-refractivity contribution in [3.8, 4) is 0 Å². The monoisotopic (exact) mass is 241 g/mol. The normalized spacial score (nSPS) is 15.9. The lowest BCUT2D eigenvalue weighted by atomic mass is 10.1. The number of esters is 1. The summed E-state index contributed by atoms with van der Waals surface area (Å²) in [5.74, 6) is 0.423. The second kappa shape index (κ2) is 7.30. The number of carbonyl (C=O) groups is 2. The molecule has 0 aliphatic heterocycles. The van der Waals surface area contributed by atoms with Gasteiger partial charge in [0.2, 0.25) is 5.91 Å². The number of hydrogen-bond donors (Lipinski definition) is 0. The summed E-state index contributed by atoms with van der Waals surface area (Å²) < 4.78 is 4.80. The Kier molecular flexibility index (Phi) is 6.01. The quantitative estimate of drug-likeness (QED) is 0.668. The number of amides is 1. The first kappa shape index (κ1) is 14.0. The standard InChI is InChI=1S/C13H23NO3/c1-3-17-13(16)9-8-12(15)14(2)10-11-6-4-5-7-11/h11H,3-10H2,1-2H3. The van der Waals surface area contributed by atoms with E-state index in [2.05, 4.69) is 0 Å². The van der Waals surface area contributed by atoms with E-state index in [-0.39, 0.29) is 24.7 Å². The molecule has 1 aliphatic carbocycles. The van der Waals surface area contributed by atoms with Gasteiger partial charge in [-0.3, -0.25) is 9.59 Å². The maximum atomic E-state index is 11.8. The molecule has 1 rings (SSSR count). The molecule has 0 bridgehead atoms. The van der Waals surface area contributed by atoms with Gasteiger partial charge in [-0.2, -0.15) is 0 Å². The molecule has 0 spiro atoms. The molecule has 1 saturated carbocycles. The molecule has 98 valence electrons. The maximum Gasteiger partial charge on any atom is 0.306 e. The summed E-state index contributed by atoms with van der Waals surface area (Å²) in [5, 5.41) is 0. The SMILES string of the molecule is CCOC(=O)CCC(=O)N(C)CC1CCCC1. The number of carbonyl (C=O) groups excluding carboxylic acids is 2. The molecule has 0 unspecified atom stereocenters. The third-order valence-corrected chi connectivity index (χ3v) is 3.28. The Morgan fingerprint density at radius 1 is 1.24 bits per heavy atom. The molecule has 4 nitrogen and oxygen atoms in total. The Balaban J connectivity index is 2.19. The lowest BCUT2D eigenvalue weighted by Crippen LogP contribution is -2.31. The molecular weight excluding hydrogens is 218 g/mol. The summed E-state index contributed by atoms with van der Waals surface area (Å²) in [4.78, 5) is 24.6. The van der Waals surface area contributed by atoms with Crippen molar-refractivity contribution in [3.63, 3.8) is 0 Å². The third kappa shape index (κ3) is 5.20. The van der Waals surface area contributed by atoms with Crippen LogP contribution in [0.25, 0.3) is 0 Å². The molecule has 0 radical (unpaired) electrons. The average Bonchev–Trinajstić information content (AvgIpc) is 2.79. The molecule has 0 aromatic rings. The predicted octanol–water partition coefficient (Wildman–Crippen LogP) is 1.98. The molecule has 0 N–H and O–H groups in total. The molecule has 17 heavy (non-hydrogen) atoms. The molecule has 1 aliphatic rings. The van der Waals surface area contributed by atoms with E-state index in [1.165, 1.54) is 25.7 Å². The number of ether oxygens (including phenoxy) is 1. The summed E-state index contributed by atoms with van der Waals surface area (Å²) in [7, 11) is 1.83. The first-order chi connectivity index (χ1) is 8.13. The van der Waals surface area contributed by atoms with Crippen LogP contribution in [0.1, 0.15) is 45.4 Å². The van der Waals surface area contributed by atoms with Crippen molar-refractivity contribution in [2.45, 2.75) is 45.4 Å². The second-order valence-electron chi connectivity index (χ2n) is 4.73. The Hall–Kier alpha value is -1.06. The van der Waals surface area contributed by atoms with Gasteiger partial charge in [0.25, 0.3) is 0 Å². The van der Waals surface area contributed by atoms with E-state index in [9.17, 15) is 9.59 Å². The zero-order chi connectivity index (χ0) is 12.7. The summed E-state index contributed by atoms with van der Waals surface area (Å²) in [6, 6.07) is 0. The highest BCUT2D eigenvalue weighted by molar-refractivity contribution is 5.81. The Bertz CT molecular complexity index is 259. The average molecular weight is 241 g/mol. The van der Waals surface area contributed by atoms with Crippen LogP contribution in [0.15, 0.2) is 0 Å². The van der Waals surface area contributed by atoms with Crippen molar-refractivity contribution in [3.05, 3.63) is 0 Å². The van der Waals surface area contributed by atoms with Crippen molar-refractivity contribution >= 4 is 11.9 Å². The van der Waals surface area contributed by atoms with Crippen LogP contribution in [0, 0.1) is 5.92 Å². The lowest BCUT2D eigenvalue weighted by molar-refractivity contribution is -0.145. The minimum Gasteiger partial charge on any atom is -0.466 e. The molecule has 1 fully saturated rings. The van der Waals surface area contributed by atoms with E-state index >= 15 is 0 Å². The van der Waals surface area contributed by atoms with E-state index in [1.807, 2.05) is 7.05 Å². The van der Waals surface area contributed by atoms with Gasteiger partial charge >= 0.3 is 5.97 Å². The molecule has 0 saturated heterocycles. The van der Waals surface area contributed by atoms with Gasteiger partial charge in [-0.25, -0.2) is 0 Å². The summed E-state index contributed by atoms with van der Waals surface area (Å²) in [6.07, 6.45) is 5.50. The summed E-state index contributed by atoms with van der Waals surface area (Å²) in [6.45, 7) is 2.98. The first-order valence-corrected chi connectivity index (χ1v) is 6.53. The van der Waals surface area contributed by atoms with E-state index in [1.54, 1.807) is 11.8 Å². The van der Waals surface area contributed by atoms with E-state index in [0.29, 0.717) is 12.5 Å². The van der Waals surface area contributed by atoms with Gasteiger partial charge in [-0.05, 0) is 25.7 Å². The van der Waals surface area contributed by atoms with Crippen LogP contribution in [0.2, 0.25) is 0 Å². The minimum atomic E-state index is -0.282. The molecule has 0 aromatic carbocycles. The maximum absolute atomic E-state index is 11.8. The highest BCUT2D eigenvalue weighted by Crippen LogP contribution is 2.25. The predicted molar refractivity (Wildman–Crippen MR) is 65.5 cm³/mol. The van der Waals surface area contributed by atoms with E-state index in [4.69, 9.17) is 4.74 Å². The van der Waals surface area contributed by atoms with Gasteiger partial charge < -0.3 is 9.64 Å². The fourth-order valence-corrected chi connectivity index (χ4v) is 2.32. The highest BCUT2D eigenvalue weighted by atomic mass is 16.5. The molecule has 1 amide bonds. The zero-order valence-electron chi connectivity index (χ0n) is 10.9. The second-order valence-corrected chi connectivity index (χ2v) is 4.73. The molecule has 4 heteroatoms. The van der Waals surface area contributed by atoms with E-state index in [0.717, 1.165) is 6.54 Å². The van der Waals surface area contributed by atoms with Crippen molar-refractivity contribution in [1.82, 2.24) is 4.90 Å². The van der Waals surface area contributed by atoms with Gasteiger partial charge in [-0.15, -0.1) is 0 Å². The van der Waals surface area contributed by atoms with Crippen LogP contribution in [-0.4, -0.2) is 37.0 Å². The zero-order valence-corrected chi connectivity index (χ0v) is 10.9. The Morgan fingerprint density at radius 3 is 2.47 bits per heavy atom. The highest BCUT2D eigenvalue weighted by Gasteiger charge is 2.19. The molecule has 0 atom stereocenters.